The molecule has 1 atom stereocenters. The lowest BCUT2D eigenvalue weighted by Gasteiger charge is -2.12. The van der Waals surface area contributed by atoms with Crippen LogP contribution in [-0.2, 0) is 4.74 Å². The highest BCUT2D eigenvalue weighted by Crippen LogP contribution is 2.14. The molecule has 1 heterocycles. The summed E-state index contributed by atoms with van der Waals surface area (Å²) in [4.78, 5) is 16.1. The third kappa shape index (κ3) is 5.44. The van der Waals surface area contributed by atoms with E-state index in [2.05, 4.69) is 15.6 Å². The zero-order valence-electron chi connectivity index (χ0n) is 11.5. The highest BCUT2D eigenvalue weighted by atomic mass is 35.5. The maximum absolute atomic E-state index is 12.0. The number of halogens is 1. The summed E-state index contributed by atoms with van der Waals surface area (Å²) < 4.78 is 5.02. The van der Waals surface area contributed by atoms with Gasteiger partial charge in [0.2, 0.25) is 0 Å². The summed E-state index contributed by atoms with van der Waals surface area (Å²) in [5, 5.41) is 6.18. The normalized spacial score (nSPS) is 12.0. The van der Waals surface area contributed by atoms with Crippen LogP contribution in [0.3, 0.4) is 0 Å². The van der Waals surface area contributed by atoms with Crippen molar-refractivity contribution >= 4 is 23.3 Å². The van der Waals surface area contributed by atoms with Crippen LogP contribution in [0, 0.1) is 5.92 Å². The van der Waals surface area contributed by atoms with E-state index < -0.39 is 0 Å². The molecular weight excluding hydrogens is 266 g/mol. The van der Waals surface area contributed by atoms with Crippen molar-refractivity contribution in [3.63, 3.8) is 0 Å². The Morgan fingerprint density at radius 2 is 2.26 bits per heavy atom. The van der Waals surface area contributed by atoms with Crippen LogP contribution in [0.1, 0.15) is 24.2 Å². The lowest BCUT2D eigenvalue weighted by atomic mass is 10.2. The monoisotopic (exact) mass is 285 g/mol. The second kappa shape index (κ2) is 7.96. The Balaban J connectivity index is 2.65. The van der Waals surface area contributed by atoms with Gasteiger partial charge in [0.05, 0.1) is 6.61 Å². The molecule has 1 unspecified atom stereocenters. The van der Waals surface area contributed by atoms with Crippen molar-refractivity contribution in [1.29, 1.82) is 0 Å². The summed E-state index contributed by atoms with van der Waals surface area (Å²) in [6, 6.07) is 3.24. The largest absolute Gasteiger partial charge is 0.384 e. The molecule has 0 saturated carbocycles. The molecule has 5 nitrogen and oxygen atoms in total. The SMILES string of the molecule is CCNc1cc(C(=O)NCC(C)COC)cc(Cl)n1. The van der Waals surface area contributed by atoms with Gasteiger partial charge in [-0.15, -0.1) is 0 Å². The number of aromatic nitrogens is 1. The summed E-state index contributed by atoms with van der Waals surface area (Å²) in [6.07, 6.45) is 0. The fourth-order valence-corrected chi connectivity index (χ4v) is 1.82. The fraction of sp³-hybridized carbons (Fsp3) is 0.538. The van der Waals surface area contributed by atoms with Gasteiger partial charge in [-0.3, -0.25) is 4.79 Å². The standard InChI is InChI=1S/C13H20ClN3O2/c1-4-15-12-6-10(5-11(14)17-12)13(18)16-7-9(2)8-19-3/h5-6,9H,4,7-8H2,1-3H3,(H,15,17)(H,16,18). The number of carbonyl (C=O) groups excluding carboxylic acids is 1. The van der Waals surface area contributed by atoms with Gasteiger partial charge in [-0.2, -0.15) is 0 Å². The maximum Gasteiger partial charge on any atom is 0.251 e. The molecule has 1 aromatic rings. The molecule has 0 spiro atoms. The van der Waals surface area contributed by atoms with E-state index in [1.165, 1.54) is 0 Å². The molecule has 0 radical (unpaired) electrons. The smallest absolute Gasteiger partial charge is 0.251 e. The first-order valence-corrected chi connectivity index (χ1v) is 6.63. The van der Waals surface area contributed by atoms with Gasteiger partial charge in [0.15, 0.2) is 0 Å². The van der Waals surface area contributed by atoms with Crippen molar-refractivity contribution in [3.8, 4) is 0 Å². The molecule has 19 heavy (non-hydrogen) atoms. The van der Waals surface area contributed by atoms with Crippen molar-refractivity contribution in [2.24, 2.45) is 5.92 Å². The zero-order valence-corrected chi connectivity index (χ0v) is 12.3. The Morgan fingerprint density at radius 1 is 1.53 bits per heavy atom. The second-order valence-electron chi connectivity index (χ2n) is 4.36. The molecule has 0 bridgehead atoms. The first kappa shape index (κ1) is 15.7. The molecule has 0 aliphatic heterocycles. The molecule has 1 rings (SSSR count). The first-order chi connectivity index (χ1) is 9.06. The fourth-order valence-electron chi connectivity index (χ4n) is 1.61. The van der Waals surface area contributed by atoms with Crippen molar-refractivity contribution in [1.82, 2.24) is 10.3 Å². The van der Waals surface area contributed by atoms with Crippen LogP contribution in [0.5, 0.6) is 0 Å². The van der Waals surface area contributed by atoms with Gasteiger partial charge in [0.1, 0.15) is 11.0 Å². The number of amides is 1. The molecule has 6 heteroatoms. The van der Waals surface area contributed by atoms with Gasteiger partial charge >= 0.3 is 0 Å². The number of carbonyl (C=O) groups is 1. The van der Waals surface area contributed by atoms with Crippen LogP contribution in [-0.4, -0.2) is 37.7 Å². The van der Waals surface area contributed by atoms with E-state index in [0.29, 0.717) is 29.7 Å². The van der Waals surface area contributed by atoms with Crippen molar-refractivity contribution in [2.75, 3.05) is 32.1 Å². The number of hydrogen-bond donors (Lipinski definition) is 2. The quantitative estimate of drug-likeness (QED) is 0.754. The van der Waals surface area contributed by atoms with Gasteiger partial charge in [0, 0.05) is 25.8 Å². The van der Waals surface area contributed by atoms with Gasteiger partial charge in [-0.25, -0.2) is 4.98 Å². The maximum atomic E-state index is 12.0. The van der Waals surface area contributed by atoms with Crippen LogP contribution in [0.15, 0.2) is 12.1 Å². The highest BCUT2D eigenvalue weighted by Gasteiger charge is 2.10. The van der Waals surface area contributed by atoms with Crippen molar-refractivity contribution < 1.29 is 9.53 Å². The topological polar surface area (TPSA) is 63.2 Å². The summed E-state index contributed by atoms with van der Waals surface area (Å²) in [5.74, 6) is 0.705. The number of anilines is 1. The van der Waals surface area contributed by atoms with E-state index in [9.17, 15) is 4.79 Å². The Morgan fingerprint density at radius 3 is 2.89 bits per heavy atom. The van der Waals surface area contributed by atoms with Gasteiger partial charge in [-0.1, -0.05) is 18.5 Å². The van der Waals surface area contributed by atoms with Crippen LogP contribution in [0.25, 0.3) is 0 Å². The predicted molar refractivity (Wildman–Crippen MR) is 76.8 cm³/mol. The number of nitrogens with one attached hydrogen (secondary N) is 2. The number of nitrogens with zero attached hydrogens (tertiary/aromatic N) is 1. The van der Waals surface area contributed by atoms with E-state index in [1.807, 2.05) is 13.8 Å². The molecule has 0 aromatic carbocycles. The minimum Gasteiger partial charge on any atom is -0.384 e. The molecule has 0 fully saturated rings. The first-order valence-electron chi connectivity index (χ1n) is 6.25. The molecule has 1 aromatic heterocycles. The average molecular weight is 286 g/mol. The van der Waals surface area contributed by atoms with E-state index in [1.54, 1.807) is 19.2 Å². The number of hydrogen-bond acceptors (Lipinski definition) is 4. The average Bonchev–Trinajstić information content (AvgIpc) is 2.36. The third-order valence-corrected chi connectivity index (χ3v) is 2.67. The predicted octanol–water partition coefficient (Wildman–Crippen LogP) is 2.18. The second-order valence-corrected chi connectivity index (χ2v) is 4.75. The Bertz CT molecular complexity index is 426. The summed E-state index contributed by atoms with van der Waals surface area (Å²) in [5.41, 5.74) is 0.501. The minimum atomic E-state index is -0.161. The van der Waals surface area contributed by atoms with Crippen LogP contribution in [0.2, 0.25) is 5.15 Å². The summed E-state index contributed by atoms with van der Waals surface area (Å²) in [6.45, 7) is 5.85. The van der Waals surface area contributed by atoms with Gasteiger partial charge in [-0.05, 0) is 25.0 Å². The highest BCUT2D eigenvalue weighted by molar-refractivity contribution is 6.29. The molecule has 2 N–H and O–H groups in total. The van der Waals surface area contributed by atoms with Crippen LogP contribution < -0.4 is 10.6 Å². The number of pyridine rings is 1. The number of ether oxygens (including phenoxy) is 1. The molecule has 0 aliphatic rings. The Hall–Kier alpha value is -1.33. The Labute approximate surface area is 118 Å². The summed E-state index contributed by atoms with van der Waals surface area (Å²) in [7, 11) is 1.64. The van der Waals surface area contributed by atoms with E-state index in [4.69, 9.17) is 16.3 Å². The lowest BCUT2D eigenvalue weighted by Crippen LogP contribution is -2.30. The molecule has 1 amide bonds. The molecular formula is C13H20ClN3O2. The Kier molecular flexibility index (Phi) is 6.59. The zero-order chi connectivity index (χ0) is 14.3. The van der Waals surface area contributed by atoms with Crippen LogP contribution >= 0.6 is 11.6 Å². The molecule has 0 saturated heterocycles. The molecule has 0 aliphatic carbocycles. The molecule has 106 valence electrons. The minimum absolute atomic E-state index is 0.161. The van der Waals surface area contributed by atoms with Crippen molar-refractivity contribution in [2.45, 2.75) is 13.8 Å². The van der Waals surface area contributed by atoms with Gasteiger partial charge < -0.3 is 15.4 Å². The van der Waals surface area contributed by atoms with Crippen molar-refractivity contribution in [3.05, 3.63) is 22.8 Å². The van der Waals surface area contributed by atoms with E-state index >= 15 is 0 Å². The number of methoxy groups -OCH3 is 1. The van der Waals surface area contributed by atoms with Crippen LogP contribution in [0.4, 0.5) is 5.82 Å². The van der Waals surface area contributed by atoms with E-state index in [-0.39, 0.29) is 11.8 Å². The van der Waals surface area contributed by atoms with E-state index in [0.717, 1.165) is 6.54 Å². The van der Waals surface area contributed by atoms with Gasteiger partial charge in [0.25, 0.3) is 5.91 Å². The summed E-state index contributed by atoms with van der Waals surface area (Å²) >= 11 is 5.89. The lowest BCUT2D eigenvalue weighted by molar-refractivity contribution is 0.0934. The number of rotatable bonds is 7. The third-order valence-electron chi connectivity index (χ3n) is 2.48.